The first-order valence-electron chi connectivity index (χ1n) is 5.27. The molecule has 1 heterocycles. The van der Waals surface area contributed by atoms with Crippen molar-refractivity contribution in [3.05, 3.63) is 29.1 Å². The van der Waals surface area contributed by atoms with Gasteiger partial charge in [-0.25, -0.2) is 4.39 Å². The van der Waals surface area contributed by atoms with E-state index < -0.39 is 0 Å². The molecular formula is C12H16FNO. The molecule has 0 saturated carbocycles. The number of hydrogen-bond acceptors (Lipinski definition) is 2. The van der Waals surface area contributed by atoms with Crippen molar-refractivity contribution in [3.63, 3.8) is 0 Å². The Hall–Kier alpha value is -1.09. The second kappa shape index (κ2) is 3.81. The third-order valence-electron chi connectivity index (χ3n) is 2.61. The zero-order valence-corrected chi connectivity index (χ0v) is 9.30. The van der Waals surface area contributed by atoms with Gasteiger partial charge in [0, 0.05) is 17.7 Å². The van der Waals surface area contributed by atoms with Crippen LogP contribution in [0.3, 0.4) is 0 Å². The Kier molecular flexibility index (Phi) is 2.65. The van der Waals surface area contributed by atoms with Crippen LogP contribution in [0, 0.1) is 12.7 Å². The first kappa shape index (κ1) is 10.4. The van der Waals surface area contributed by atoms with Gasteiger partial charge < -0.3 is 10.1 Å². The van der Waals surface area contributed by atoms with E-state index in [4.69, 9.17) is 4.74 Å². The predicted molar refractivity (Wildman–Crippen MR) is 57.6 cm³/mol. The van der Waals surface area contributed by atoms with E-state index in [1.807, 2.05) is 6.07 Å². The molecule has 1 atom stereocenters. The molecule has 1 aromatic carbocycles. The second-order valence-electron chi connectivity index (χ2n) is 4.32. The van der Waals surface area contributed by atoms with Gasteiger partial charge in [-0.1, -0.05) is 13.8 Å². The third-order valence-corrected chi connectivity index (χ3v) is 2.61. The molecule has 15 heavy (non-hydrogen) atoms. The molecule has 0 saturated heterocycles. The van der Waals surface area contributed by atoms with Gasteiger partial charge in [0.1, 0.15) is 18.2 Å². The van der Waals surface area contributed by atoms with E-state index in [2.05, 4.69) is 19.2 Å². The van der Waals surface area contributed by atoms with Crippen molar-refractivity contribution in [1.82, 2.24) is 5.32 Å². The van der Waals surface area contributed by atoms with Crippen LogP contribution in [0.4, 0.5) is 4.39 Å². The number of ether oxygens (including phenoxy) is 1. The molecule has 0 radical (unpaired) electrons. The number of fused-ring (bicyclic) bond motifs is 1. The lowest BCUT2D eigenvalue weighted by Gasteiger charge is -2.14. The number of benzene rings is 1. The summed E-state index contributed by atoms with van der Waals surface area (Å²) < 4.78 is 18.7. The van der Waals surface area contributed by atoms with Crippen molar-refractivity contribution in [2.75, 3.05) is 6.61 Å². The minimum absolute atomic E-state index is 0.194. The van der Waals surface area contributed by atoms with Crippen molar-refractivity contribution in [3.8, 4) is 5.75 Å². The predicted octanol–water partition coefficient (Wildman–Crippen LogP) is 2.57. The maximum atomic E-state index is 13.3. The molecule has 2 nitrogen and oxygen atoms in total. The summed E-state index contributed by atoms with van der Waals surface area (Å²) in [7, 11) is 0. The molecule has 0 amide bonds. The van der Waals surface area contributed by atoms with Crippen LogP contribution in [0.25, 0.3) is 0 Å². The Morgan fingerprint density at radius 2 is 2.20 bits per heavy atom. The fourth-order valence-corrected chi connectivity index (χ4v) is 1.89. The normalized spacial score (nSPS) is 19.1. The Morgan fingerprint density at radius 3 is 2.87 bits per heavy atom. The molecule has 0 bridgehead atoms. The van der Waals surface area contributed by atoms with E-state index in [-0.39, 0.29) is 11.9 Å². The Labute approximate surface area is 89.4 Å². The highest BCUT2D eigenvalue weighted by molar-refractivity contribution is 5.42. The van der Waals surface area contributed by atoms with Crippen LogP contribution in [-0.2, 0) is 0 Å². The molecule has 0 aliphatic carbocycles. The summed E-state index contributed by atoms with van der Waals surface area (Å²) in [4.78, 5) is 0. The van der Waals surface area contributed by atoms with Crippen LogP contribution in [0.5, 0.6) is 5.75 Å². The van der Waals surface area contributed by atoms with Gasteiger partial charge in [-0.05, 0) is 18.6 Å². The van der Waals surface area contributed by atoms with E-state index >= 15 is 0 Å². The number of nitrogens with one attached hydrogen (secondary N) is 1. The minimum Gasteiger partial charge on any atom is -0.491 e. The number of halogens is 1. The highest BCUT2D eigenvalue weighted by Gasteiger charge is 2.25. The quantitative estimate of drug-likeness (QED) is 0.808. The van der Waals surface area contributed by atoms with E-state index in [9.17, 15) is 4.39 Å². The third kappa shape index (κ3) is 1.97. The van der Waals surface area contributed by atoms with Crippen LogP contribution in [-0.4, -0.2) is 12.6 Å². The summed E-state index contributed by atoms with van der Waals surface area (Å²) in [5.41, 5.74) is 1.75. The van der Waals surface area contributed by atoms with Gasteiger partial charge in [-0.15, -0.1) is 0 Å². The van der Waals surface area contributed by atoms with E-state index in [1.54, 1.807) is 6.92 Å². The largest absolute Gasteiger partial charge is 0.491 e. The average molecular weight is 209 g/mol. The molecule has 1 aromatic rings. The summed E-state index contributed by atoms with van der Waals surface area (Å²) in [6, 6.07) is 3.94. The number of rotatable bonds is 2. The monoisotopic (exact) mass is 209 g/mol. The molecular weight excluding hydrogens is 193 g/mol. The molecule has 0 fully saturated rings. The second-order valence-corrected chi connectivity index (χ2v) is 4.32. The molecule has 3 heteroatoms. The van der Waals surface area contributed by atoms with Gasteiger partial charge in [0.2, 0.25) is 0 Å². The van der Waals surface area contributed by atoms with Crippen molar-refractivity contribution >= 4 is 0 Å². The van der Waals surface area contributed by atoms with Crippen LogP contribution in [0.15, 0.2) is 12.1 Å². The molecule has 0 spiro atoms. The smallest absolute Gasteiger partial charge is 0.129 e. The van der Waals surface area contributed by atoms with E-state index in [0.29, 0.717) is 24.0 Å². The summed E-state index contributed by atoms with van der Waals surface area (Å²) in [5, 5.41) is 3.40. The van der Waals surface area contributed by atoms with Crippen molar-refractivity contribution in [2.24, 2.45) is 0 Å². The van der Waals surface area contributed by atoms with Gasteiger partial charge in [0.05, 0.1) is 6.04 Å². The van der Waals surface area contributed by atoms with Crippen molar-refractivity contribution in [1.29, 1.82) is 0 Å². The first-order valence-corrected chi connectivity index (χ1v) is 5.27. The number of hydrogen-bond donors (Lipinski definition) is 1. The van der Waals surface area contributed by atoms with Crippen molar-refractivity contribution < 1.29 is 9.13 Å². The van der Waals surface area contributed by atoms with Gasteiger partial charge in [-0.2, -0.15) is 0 Å². The van der Waals surface area contributed by atoms with Crippen LogP contribution in [0.1, 0.15) is 31.0 Å². The lowest BCUT2D eigenvalue weighted by atomic mass is 10.0. The molecule has 1 unspecified atom stereocenters. The lowest BCUT2D eigenvalue weighted by Crippen LogP contribution is -2.29. The summed E-state index contributed by atoms with van der Waals surface area (Å²) in [6.07, 6.45) is 0. The van der Waals surface area contributed by atoms with Crippen LogP contribution >= 0.6 is 0 Å². The van der Waals surface area contributed by atoms with Crippen molar-refractivity contribution in [2.45, 2.75) is 32.9 Å². The molecule has 2 rings (SSSR count). The topological polar surface area (TPSA) is 21.3 Å². The molecule has 1 N–H and O–H groups in total. The highest BCUT2D eigenvalue weighted by atomic mass is 19.1. The van der Waals surface area contributed by atoms with Crippen LogP contribution in [0.2, 0.25) is 0 Å². The molecule has 0 aromatic heterocycles. The SMILES string of the molecule is Cc1cc2c(cc1F)OCC2NC(C)C. The average Bonchev–Trinajstić information content (AvgIpc) is 2.49. The summed E-state index contributed by atoms with van der Waals surface area (Å²) >= 11 is 0. The Morgan fingerprint density at radius 1 is 1.47 bits per heavy atom. The van der Waals surface area contributed by atoms with E-state index in [0.717, 1.165) is 5.56 Å². The maximum absolute atomic E-state index is 13.3. The molecule has 1 aliphatic heterocycles. The van der Waals surface area contributed by atoms with Gasteiger partial charge in [0.25, 0.3) is 0 Å². The zero-order chi connectivity index (χ0) is 11.0. The highest BCUT2D eigenvalue weighted by Crippen LogP contribution is 2.34. The van der Waals surface area contributed by atoms with Gasteiger partial charge >= 0.3 is 0 Å². The summed E-state index contributed by atoms with van der Waals surface area (Å²) in [5.74, 6) is 0.482. The summed E-state index contributed by atoms with van der Waals surface area (Å²) in [6.45, 7) is 6.56. The minimum atomic E-state index is -0.195. The zero-order valence-electron chi connectivity index (χ0n) is 9.30. The Balaban J connectivity index is 2.30. The maximum Gasteiger partial charge on any atom is 0.129 e. The number of aryl methyl sites for hydroxylation is 1. The van der Waals surface area contributed by atoms with Gasteiger partial charge in [0.15, 0.2) is 0 Å². The standard InChI is InChI=1S/C12H16FNO/c1-7(2)14-11-6-15-12-5-10(13)8(3)4-9(11)12/h4-5,7,11,14H,6H2,1-3H3. The van der Waals surface area contributed by atoms with Gasteiger partial charge in [-0.3, -0.25) is 0 Å². The fourth-order valence-electron chi connectivity index (χ4n) is 1.89. The first-order chi connectivity index (χ1) is 7.08. The van der Waals surface area contributed by atoms with Crippen LogP contribution < -0.4 is 10.1 Å². The lowest BCUT2D eigenvalue weighted by molar-refractivity contribution is 0.302. The molecule has 1 aliphatic rings. The Bertz CT molecular complexity index is 376. The molecule has 82 valence electrons. The van der Waals surface area contributed by atoms with E-state index in [1.165, 1.54) is 6.07 Å². The fraction of sp³-hybridized carbons (Fsp3) is 0.500.